The lowest BCUT2D eigenvalue weighted by Gasteiger charge is -1.97. The molecule has 0 fully saturated rings. The number of nitrogens with one attached hydrogen (secondary N) is 2. The van der Waals surface area contributed by atoms with E-state index in [-0.39, 0.29) is 5.88 Å². The quantitative estimate of drug-likeness (QED) is 0.681. The third kappa shape index (κ3) is 1.55. The Hall–Kier alpha value is -2.63. The van der Waals surface area contributed by atoms with E-state index in [0.29, 0.717) is 5.69 Å². The summed E-state index contributed by atoms with van der Waals surface area (Å²) in [4.78, 5) is 23.9. The molecule has 3 N–H and O–H groups in total. The SMILES string of the molecule is O=c1[nH]c(O)c(/C=C2\C=Nc3cnccc32)[nH]1. The van der Waals surface area contributed by atoms with Gasteiger partial charge < -0.3 is 10.1 Å². The smallest absolute Gasteiger partial charge is 0.326 e. The van der Waals surface area contributed by atoms with Crippen LogP contribution in [0.3, 0.4) is 0 Å². The zero-order valence-corrected chi connectivity index (χ0v) is 8.64. The summed E-state index contributed by atoms with van der Waals surface area (Å²) in [5, 5.41) is 9.45. The summed E-state index contributed by atoms with van der Waals surface area (Å²) in [5.41, 5.74) is 2.39. The van der Waals surface area contributed by atoms with Crippen molar-refractivity contribution >= 4 is 23.6 Å². The van der Waals surface area contributed by atoms with Gasteiger partial charge in [-0.25, -0.2) is 4.79 Å². The predicted octanol–water partition coefficient (Wildman–Crippen LogP) is 1.06. The van der Waals surface area contributed by atoms with Crippen molar-refractivity contribution in [1.29, 1.82) is 0 Å². The van der Waals surface area contributed by atoms with Crippen LogP contribution >= 0.6 is 0 Å². The van der Waals surface area contributed by atoms with Crippen LogP contribution in [-0.2, 0) is 0 Å². The molecule has 6 heteroatoms. The highest BCUT2D eigenvalue weighted by atomic mass is 16.3. The summed E-state index contributed by atoms with van der Waals surface area (Å²) < 4.78 is 0. The van der Waals surface area contributed by atoms with Crippen LogP contribution in [0, 0.1) is 0 Å². The molecule has 0 saturated carbocycles. The molecule has 3 rings (SSSR count). The first-order valence-corrected chi connectivity index (χ1v) is 4.95. The molecule has 2 aromatic heterocycles. The number of allylic oxidation sites excluding steroid dienone is 1. The molecule has 0 unspecified atom stereocenters. The molecular weight excluding hydrogens is 220 g/mol. The van der Waals surface area contributed by atoms with Crippen molar-refractivity contribution in [3.8, 4) is 5.88 Å². The van der Waals surface area contributed by atoms with Crippen LogP contribution in [0.1, 0.15) is 11.3 Å². The summed E-state index contributed by atoms with van der Waals surface area (Å²) >= 11 is 0. The summed E-state index contributed by atoms with van der Waals surface area (Å²) in [7, 11) is 0. The second kappa shape index (κ2) is 3.44. The number of nitrogens with zero attached hydrogens (tertiary/aromatic N) is 2. The molecule has 6 nitrogen and oxygen atoms in total. The highest BCUT2D eigenvalue weighted by molar-refractivity contribution is 6.21. The largest absolute Gasteiger partial charge is 0.493 e. The van der Waals surface area contributed by atoms with Gasteiger partial charge in [-0.05, 0) is 12.1 Å². The summed E-state index contributed by atoms with van der Waals surface area (Å²) in [5.74, 6) is -0.182. The Balaban J connectivity index is 2.11. The zero-order chi connectivity index (χ0) is 11.8. The van der Waals surface area contributed by atoms with Gasteiger partial charge in [0.25, 0.3) is 0 Å². The normalized spacial score (nSPS) is 15.4. The minimum Gasteiger partial charge on any atom is -0.493 e. The van der Waals surface area contributed by atoms with Gasteiger partial charge in [-0.1, -0.05) is 0 Å². The molecule has 0 radical (unpaired) electrons. The molecule has 0 aromatic carbocycles. The maximum Gasteiger partial charge on any atom is 0.326 e. The molecule has 84 valence electrons. The number of aromatic amines is 2. The van der Waals surface area contributed by atoms with Gasteiger partial charge in [0.15, 0.2) is 0 Å². The number of rotatable bonds is 1. The number of H-pyrrole nitrogens is 2. The summed E-state index contributed by atoms with van der Waals surface area (Å²) in [6, 6.07) is 1.83. The number of hydrogen-bond donors (Lipinski definition) is 3. The van der Waals surface area contributed by atoms with Gasteiger partial charge in [0.05, 0.1) is 11.9 Å². The van der Waals surface area contributed by atoms with Crippen LogP contribution in [0.25, 0.3) is 11.6 Å². The fourth-order valence-electron chi connectivity index (χ4n) is 1.70. The molecule has 2 aromatic rings. The first-order chi connectivity index (χ1) is 8.24. The molecule has 0 spiro atoms. The lowest BCUT2D eigenvalue weighted by molar-refractivity contribution is 0.454. The second-order valence-corrected chi connectivity index (χ2v) is 3.59. The van der Waals surface area contributed by atoms with Crippen LogP contribution < -0.4 is 5.69 Å². The predicted molar refractivity (Wildman–Crippen MR) is 63.3 cm³/mol. The van der Waals surface area contributed by atoms with Gasteiger partial charge in [0.2, 0.25) is 5.88 Å². The molecule has 0 aliphatic carbocycles. The average Bonchev–Trinajstić information content (AvgIpc) is 2.85. The molecule has 0 bridgehead atoms. The van der Waals surface area contributed by atoms with E-state index in [9.17, 15) is 9.90 Å². The van der Waals surface area contributed by atoms with Crippen LogP contribution in [0.2, 0.25) is 0 Å². The summed E-state index contributed by atoms with van der Waals surface area (Å²) in [6.45, 7) is 0. The third-order valence-electron chi connectivity index (χ3n) is 2.49. The van der Waals surface area contributed by atoms with Gasteiger partial charge in [0.1, 0.15) is 5.69 Å². The average molecular weight is 228 g/mol. The van der Waals surface area contributed by atoms with Gasteiger partial charge >= 0.3 is 5.69 Å². The minimum atomic E-state index is -0.445. The van der Waals surface area contributed by atoms with E-state index in [2.05, 4.69) is 19.9 Å². The van der Waals surface area contributed by atoms with Gasteiger partial charge in [-0.2, -0.15) is 0 Å². The number of imidazole rings is 1. The highest BCUT2D eigenvalue weighted by Crippen LogP contribution is 2.31. The zero-order valence-electron chi connectivity index (χ0n) is 8.64. The first kappa shape index (κ1) is 9.59. The fraction of sp³-hybridized carbons (Fsp3) is 0. The topological polar surface area (TPSA) is 94.1 Å². The Morgan fingerprint density at radius 2 is 2.24 bits per heavy atom. The molecular formula is C11H8N4O2. The Morgan fingerprint density at radius 3 is 3.00 bits per heavy atom. The van der Waals surface area contributed by atoms with E-state index < -0.39 is 5.69 Å². The van der Waals surface area contributed by atoms with E-state index in [1.807, 2.05) is 6.07 Å². The van der Waals surface area contributed by atoms with Crippen molar-refractivity contribution in [2.24, 2.45) is 4.99 Å². The molecule has 17 heavy (non-hydrogen) atoms. The molecule has 0 amide bonds. The number of aliphatic imine (C=N–C) groups is 1. The van der Waals surface area contributed by atoms with Crippen LogP contribution in [0.15, 0.2) is 28.2 Å². The number of fused-ring (bicyclic) bond motifs is 1. The number of pyridine rings is 1. The second-order valence-electron chi connectivity index (χ2n) is 3.59. The lowest BCUT2D eigenvalue weighted by Crippen LogP contribution is -2.00. The number of aromatic hydroxyl groups is 1. The highest BCUT2D eigenvalue weighted by Gasteiger charge is 2.13. The molecule has 0 saturated heterocycles. The molecule has 0 atom stereocenters. The maximum absolute atomic E-state index is 11.0. The van der Waals surface area contributed by atoms with E-state index >= 15 is 0 Å². The van der Waals surface area contributed by atoms with Gasteiger partial charge in [0, 0.05) is 23.5 Å². The van der Waals surface area contributed by atoms with E-state index in [4.69, 9.17) is 0 Å². The number of aromatic nitrogens is 3. The molecule has 3 heterocycles. The minimum absolute atomic E-state index is 0.182. The van der Waals surface area contributed by atoms with Crippen molar-refractivity contribution in [2.45, 2.75) is 0 Å². The van der Waals surface area contributed by atoms with E-state index in [1.54, 1.807) is 24.7 Å². The first-order valence-electron chi connectivity index (χ1n) is 4.95. The van der Waals surface area contributed by atoms with Crippen LogP contribution in [-0.4, -0.2) is 26.3 Å². The van der Waals surface area contributed by atoms with Crippen molar-refractivity contribution < 1.29 is 5.11 Å². The Bertz CT molecular complexity index is 693. The van der Waals surface area contributed by atoms with Gasteiger partial charge in [-0.15, -0.1) is 0 Å². The van der Waals surface area contributed by atoms with Crippen molar-refractivity contribution in [3.63, 3.8) is 0 Å². The van der Waals surface area contributed by atoms with E-state index in [1.165, 1.54) is 0 Å². The van der Waals surface area contributed by atoms with Crippen LogP contribution in [0.5, 0.6) is 5.88 Å². The third-order valence-corrected chi connectivity index (χ3v) is 2.49. The lowest BCUT2D eigenvalue weighted by atomic mass is 10.1. The molecule has 1 aliphatic rings. The Labute approximate surface area is 95.4 Å². The Kier molecular flexibility index (Phi) is 1.94. The van der Waals surface area contributed by atoms with Crippen LogP contribution in [0.4, 0.5) is 5.69 Å². The maximum atomic E-state index is 11.0. The monoisotopic (exact) mass is 228 g/mol. The standard InChI is InChI=1S/C11H8N4O2/c16-10-8(14-11(17)15-10)3-6-4-13-9-5-12-2-1-7(6)9/h1-5,16H,(H2,14,15,17)/b6-3+. The van der Waals surface area contributed by atoms with E-state index in [0.717, 1.165) is 16.8 Å². The van der Waals surface area contributed by atoms with Crippen molar-refractivity contribution in [1.82, 2.24) is 15.0 Å². The molecule has 1 aliphatic heterocycles. The fourth-order valence-corrected chi connectivity index (χ4v) is 1.70. The Morgan fingerprint density at radius 1 is 1.35 bits per heavy atom. The van der Waals surface area contributed by atoms with Crippen molar-refractivity contribution in [2.75, 3.05) is 0 Å². The van der Waals surface area contributed by atoms with Gasteiger partial charge in [-0.3, -0.25) is 15.0 Å². The van der Waals surface area contributed by atoms with Crippen molar-refractivity contribution in [3.05, 3.63) is 40.2 Å². The summed E-state index contributed by atoms with van der Waals surface area (Å²) in [6.07, 6.45) is 6.65. The number of hydrogen-bond acceptors (Lipinski definition) is 4.